The first-order chi connectivity index (χ1) is 9.09. The number of aliphatic carboxylic acids is 1. The minimum Gasteiger partial charge on any atom is -0.480 e. The third-order valence-corrected chi connectivity index (χ3v) is 3.65. The minimum absolute atomic E-state index is 0.361. The van der Waals surface area contributed by atoms with Crippen molar-refractivity contribution in [3.8, 4) is 0 Å². The zero-order valence-corrected chi connectivity index (χ0v) is 12.8. The van der Waals surface area contributed by atoms with E-state index in [4.69, 9.17) is 5.11 Å². The quantitative estimate of drug-likeness (QED) is 0.845. The highest BCUT2D eigenvalue weighted by atomic mass is 16.4. The van der Waals surface area contributed by atoms with E-state index in [1.54, 1.807) is 10.8 Å². The van der Waals surface area contributed by atoms with Crippen LogP contribution in [0.1, 0.15) is 30.8 Å². The van der Waals surface area contributed by atoms with Crippen molar-refractivity contribution in [1.29, 1.82) is 0 Å². The molecule has 0 unspecified atom stereocenters. The molecule has 0 spiro atoms. The summed E-state index contributed by atoms with van der Waals surface area (Å²) in [6.45, 7) is 6.75. The molecule has 0 radical (unpaired) electrons. The second-order valence-electron chi connectivity index (χ2n) is 5.30. The molecular formula is C14H21N3O3. The van der Waals surface area contributed by atoms with E-state index in [9.17, 15) is 9.59 Å². The predicted octanol–water partition coefficient (Wildman–Crippen LogP) is 1.37. The average Bonchev–Trinajstić information content (AvgIpc) is 2.59. The van der Waals surface area contributed by atoms with E-state index in [-0.39, 0.29) is 5.91 Å². The van der Waals surface area contributed by atoms with Crippen LogP contribution in [-0.2, 0) is 16.6 Å². The molecule has 6 nitrogen and oxygen atoms in total. The lowest BCUT2D eigenvalue weighted by molar-refractivity contribution is -0.153. The molecule has 20 heavy (non-hydrogen) atoms. The highest BCUT2D eigenvalue weighted by Crippen LogP contribution is 2.16. The number of carboxylic acids is 1. The van der Waals surface area contributed by atoms with E-state index in [0.29, 0.717) is 0 Å². The van der Waals surface area contributed by atoms with Gasteiger partial charge in [-0.05, 0) is 33.8 Å². The number of aryl methyl sites for hydroxylation is 2. The van der Waals surface area contributed by atoms with E-state index in [0.717, 1.165) is 17.0 Å². The molecule has 1 heterocycles. The van der Waals surface area contributed by atoms with Crippen molar-refractivity contribution in [3.63, 3.8) is 0 Å². The van der Waals surface area contributed by atoms with Gasteiger partial charge in [-0.2, -0.15) is 5.10 Å². The van der Waals surface area contributed by atoms with Gasteiger partial charge in [-0.25, -0.2) is 4.79 Å². The number of carboxylic acid groups (broad SMARTS) is 1. The maximum absolute atomic E-state index is 12.0. The average molecular weight is 279 g/mol. The molecule has 0 aliphatic carbocycles. The molecule has 6 heteroatoms. The minimum atomic E-state index is -1.25. The molecule has 0 saturated heterocycles. The molecule has 110 valence electrons. The molecule has 0 aromatic carbocycles. The third-order valence-electron chi connectivity index (χ3n) is 3.65. The fraction of sp³-hybridized carbons (Fsp3) is 0.500. The first-order valence-corrected chi connectivity index (χ1v) is 6.28. The summed E-state index contributed by atoms with van der Waals surface area (Å²) < 4.78 is 1.74. The van der Waals surface area contributed by atoms with Crippen LogP contribution in [0.2, 0.25) is 0 Å². The number of likely N-dealkylation sites (N-methyl/N-ethyl adjacent to an activating group) is 1. The second-order valence-corrected chi connectivity index (χ2v) is 5.30. The van der Waals surface area contributed by atoms with E-state index >= 15 is 0 Å². The van der Waals surface area contributed by atoms with Gasteiger partial charge in [-0.3, -0.25) is 9.48 Å². The summed E-state index contributed by atoms with van der Waals surface area (Å²) in [5.74, 6) is -1.41. The smallest absolute Gasteiger partial charge is 0.329 e. The molecule has 1 aromatic heterocycles. The standard InChI is InChI=1S/C14H21N3O3/c1-9-11(10(2)17(6)15-9)7-8-12(18)16(5)14(3,4)13(19)20/h7-8H,1-6H3,(H,19,20). The Bertz CT molecular complexity index is 570. The van der Waals surface area contributed by atoms with Crippen LogP contribution < -0.4 is 0 Å². The van der Waals surface area contributed by atoms with Gasteiger partial charge in [0.15, 0.2) is 0 Å². The lowest BCUT2D eigenvalue weighted by Crippen LogP contribution is -2.50. The van der Waals surface area contributed by atoms with E-state index < -0.39 is 11.5 Å². The fourth-order valence-electron chi connectivity index (χ4n) is 1.72. The summed E-state index contributed by atoms with van der Waals surface area (Å²) in [6, 6.07) is 0. The molecule has 1 N–H and O–H groups in total. The number of nitrogens with zero attached hydrogens (tertiary/aromatic N) is 3. The molecule has 0 atom stereocenters. The Hall–Kier alpha value is -2.11. The van der Waals surface area contributed by atoms with Crippen LogP contribution in [-0.4, -0.2) is 44.3 Å². The summed E-state index contributed by atoms with van der Waals surface area (Å²) in [5, 5.41) is 13.4. The van der Waals surface area contributed by atoms with Gasteiger partial charge in [0.1, 0.15) is 5.54 Å². The normalized spacial score (nSPS) is 11.9. The van der Waals surface area contributed by atoms with Crippen molar-refractivity contribution in [1.82, 2.24) is 14.7 Å². The van der Waals surface area contributed by atoms with Crippen LogP contribution in [0.15, 0.2) is 6.08 Å². The molecule has 1 aromatic rings. The van der Waals surface area contributed by atoms with Gasteiger partial charge in [0.05, 0.1) is 5.69 Å². The zero-order chi connectivity index (χ0) is 15.7. The molecule has 0 saturated carbocycles. The number of hydrogen-bond donors (Lipinski definition) is 1. The van der Waals surface area contributed by atoms with E-state index in [1.165, 1.54) is 31.9 Å². The largest absolute Gasteiger partial charge is 0.480 e. The van der Waals surface area contributed by atoms with Crippen LogP contribution in [0.25, 0.3) is 6.08 Å². The van der Waals surface area contributed by atoms with Crippen LogP contribution in [0.3, 0.4) is 0 Å². The van der Waals surface area contributed by atoms with Crippen molar-refractivity contribution in [2.45, 2.75) is 33.2 Å². The Kier molecular flexibility index (Phi) is 4.37. The molecule has 0 bridgehead atoms. The summed E-state index contributed by atoms with van der Waals surface area (Å²) in [7, 11) is 3.31. The topological polar surface area (TPSA) is 75.4 Å². The number of rotatable bonds is 4. The summed E-state index contributed by atoms with van der Waals surface area (Å²) in [4.78, 5) is 24.4. The Morgan fingerprint density at radius 2 is 1.90 bits per heavy atom. The van der Waals surface area contributed by atoms with Gasteiger partial charge < -0.3 is 10.0 Å². The van der Waals surface area contributed by atoms with Gasteiger partial charge in [0.2, 0.25) is 5.91 Å². The number of hydrogen-bond acceptors (Lipinski definition) is 3. The molecular weight excluding hydrogens is 258 g/mol. The third kappa shape index (κ3) is 2.89. The monoisotopic (exact) mass is 279 g/mol. The van der Waals surface area contributed by atoms with E-state index in [2.05, 4.69) is 5.10 Å². The Balaban J connectivity index is 2.96. The van der Waals surface area contributed by atoms with Crippen molar-refractivity contribution in [3.05, 3.63) is 23.0 Å². The Morgan fingerprint density at radius 1 is 1.35 bits per heavy atom. The summed E-state index contributed by atoms with van der Waals surface area (Å²) in [5.41, 5.74) is 1.41. The zero-order valence-electron chi connectivity index (χ0n) is 12.8. The fourth-order valence-corrected chi connectivity index (χ4v) is 1.72. The Labute approximate surface area is 118 Å². The van der Waals surface area contributed by atoms with Crippen LogP contribution >= 0.6 is 0 Å². The van der Waals surface area contributed by atoms with Crippen LogP contribution in [0, 0.1) is 13.8 Å². The lowest BCUT2D eigenvalue weighted by atomic mass is 10.0. The maximum atomic E-state index is 12.0. The van der Waals surface area contributed by atoms with Crippen molar-refractivity contribution >= 4 is 18.0 Å². The molecule has 1 rings (SSSR count). The molecule has 0 aliphatic heterocycles. The summed E-state index contributed by atoms with van der Waals surface area (Å²) >= 11 is 0. The number of amides is 1. The number of carbonyl (C=O) groups excluding carboxylic acids is 1. The maximum Gasteiger partial charge on any atom is 0.329 e. The first-order valence-electron chi connectivity index (χ1n) is 6.28. The summed E-state index contributed by atoms with van der Waals surface area (Å²) in [6.07, 6.45) is 3.05. The predicted molar refractivity (Wildman–Crippen MR) is 76.2 cm³/mol. The molecule has 0 aliphatic rings. The van der Waals surface area contributed by atoms with Gasteiger partial charge in [-0.15, -0.1) is 0 Å². The first kappa shape index (κ1) is 15.9. The molecule has 1 amide bonds. The van der Waals surface area contributed by atoms with Gasteiger partial charge >= 0.3 is 5.97 Å². The highest BCUT2D eigenvalue weighted by molar-refractivity contribution is 5.95. The van der Waals surface area contributed by atoms with Gasteiger partial charge in [-0.1, -0.05) is 0 Å². The van der Waals surface area contributed by atoms with Crippen molar-refractivity contribution in [2.24, 2.45) is 7.05 Å². The number of carbonyl (C=O) groups is 2. The molecule has 0 fully saturated rings. The van der Waals surface area contributed by atoms with E-state index in [1.807, 2.05) is 20.9 Å². The van der Waals surface area contributed by atoms with Crippen LogP contribution in [0.4, 0.5) is 0 Å². The van der Waals surface area contributed by atoms with Gasteiger partial charge in [0.25, 0.3) is 0 Å². The highest BCUT2D eigenvalue weighted by Gasteiger charge is 2.34. The van der Waals surface area contributed by atoms with Crippen molar-refractivity contribution in [2.75, 3.05) is 7.05 Å². The van der Waals surface area contributed by atoms with Crippen LogP contribution in [0.5, 0.6) is 0 Å². The van der Waals surface area contributed by atoms with Crippen molar-refractivity contribution < 1.29 is 14.7 Å². The Morgan fingerprint density at radius 3 is 2.30 bits per heavy atom. The lowest BCUT2D eigenvalue weighted by Gasteiger charge is -2.30. The second kappa shape index (κ2) is 5.48. The van der Waals surface area contributed by atoms with Gasteiger partial charge in [0, 0.05) is 31.4 Å². The SMILES string of the molecule is Cc1nn(C)c(C)c1C=CC(=O)N(C)C(C)(C)C(=O)O. The number of aromatic nitrogens is 2.